The summed E-state index contributed by atoms with van der Waals surface area (Å²) in [7, 11) is 0. The molecule has 0 radical (unpaired) electrons. The molecule has 2 amide bonds. The van der Waals surface area contributed by atoms with Crippen molar-refractivity contribution in [3.63, 3.8) is 0 Å². The Labute approximate surface area is 189 Å². The minimum absolute atomic E-state index is 0.131. The third-order valence-corrected chi connectivity index (χ3v) is 5.91. The number of carbonyl (C=O) groups excluding carboxylic acids is 2. The van der Waals surface area contributed by atoms with Crippen LogP contribution in [0.5, 0.6) is 0 Å². The maximum absolute atomic E-state index is 13.2. The average molecular weight is 432 g/mol. The summed E-state index contributed by atoms with van der Waals surface area (Å²) >= 11 is 0. The van der Waals surface area contributed by atoms with E-state index in [0.29, 0.717) is 35.2 Å². The Morgan fingerprint density at radius 1 is 1.09 bits per heavy atom. The molecule has 0 saturated carbocycles. The van der Waals surface area contributed by atoms with Gasteiger partial charge in [0.05, 0.1) is 23.5 Å². The number of amides is 2. The number of anilines is 3. The van der Waals surface area contributed by atoms with Gasteiger partial charge in [-0.3, -0.25) is 24.3 Å². The molecule has 1 aromatic carbocycles. The minimum Gasteiger partial charge on any atom is -0.319 e. The maximum atomic E-state index is 13.2. The molecule has 0 atom stereocenters. The third-order valence-electron chi connectivity index (χ3n) is 5.91. The average Bonchev–Trinajstić information content (AvgIpc) is 2.93. The number of nitrogens with one attached hydrogen (secondary N) is 1. The lowest BCUT2D eigenvalue weighted by Gasteiger charge is -2.36. The van der Waals surface area contributed by atoms with E-state index < -0.39 is 0 Å². The van der Waals surface area contributed by atoms with E-state index in [1.54, 1.807) is 36.5 Å². The predicted molar refractivity (Wildman–Crippen MR) is 126 cm³/mol. The summed E-state index contributed by atoms with van der Waals surface area (Å²) in [6.07, 6.45) is 2.34. The highest BCUT2D eigenvalue weighted by Crippen LogP contribution is 2.36. The number of fused-ring (bicyclic) bond motifs is 2. The lowest BCUT2D eigenvalue weighted by atomic mass is 10.1. The van der Waals surface area contributed by atoms with Crippen LogP contribution in [-0.4, -0.2) is 65.4 Å². The number of aromatic nitrogens is 1. The standard InChI is InChI=1S/C25H29N5O2/c1-19(2)29-17-15-28(16-18-29)14-7-3-4-12-23(31)30-22-11-6-5-9-20(22)25(32)27-21-10-8-13-26-24(21)30/h5-6,8-11,13,19H,4,12,14-18H2,1-2H3,(H,27,32). The molecular formula is C25H29N5O2. The largest absolute Gasteiger partial charge is 0.319 e. The SMILES string of the molecule is CC(C)N1CCN(CC#CCCC(=O)N2c3ccccc3C(=O)Nc3cccnc32)CC1. The molecule has 0 spiro atoms. The van der Waals surface area contributed by atoms with Gasteiger partial charge in [-0.25, -0.2) is 4.98 Å². The van der Waals surface area contributed by atoms with Crippen LogP contribution in [0.1, 0.15) is 37.0 Å². The second kappa shape index (κ2) is 9.94. The van der Waals surface area contributed by atoms with Gasteiger partial charge in [-0.2, -0.15) is 0 Å². The van der Waals surface area contributed by atoms with Crippen molar-refractivity contribution in [3.05, 3.63) is 48.2 Å². The van der Waals surface area contributed by atoms with Crippen molar-refractivity contribution >= 4 is 29.0 Å². The van der Waals surface area contributed by atoms with Crippen LogP contribution in [-0.2, 0) is 4.79 Å². The first-order valence-electron chi connectivity index (χ1n) is 11.1. The Kier molecular flexibility index (Phi) is 6.84. The number of rotatable bonds is 4. The Bertz CT molecular complexity index is 1050. The van der Waals surface area contributed by atoms with E-state index in [1.807, 2.05) is 6.07 Å². The molecule has 0 unspecified atom stereocenters. The first-order valence-corrected chi connectivity index (χ1v) is 11.1. The zero-order valence-electron chi connectivity index (χ0n) is 18.7. The number of hydrogen-bond donors (Lipinski definition) is 1. The third kappa shape index (κ3) is 4.82. The number of benzene rings is 1. The summed E-state index contributed by atoms with van der Waals surface area (Å²) < 4.78 is 0. The van der Waals surface area contributed by atoms with Crippen LogP contribution in [0.25, 0.3) is 0 Å². The molecule has 2 aliphatic heterocycles. The van der Waals surface area contributed by atoms with Gasteiger partial charge in [-0.15, -0.1) is 5.92 Å². The van der Waals surface area contributed by atoms with Gasteiger partial charge in [-0.05, 0) is 38.1 Å². The minimum atomic E-state index is -0.248. The zero-order chi connectivity index (χ0) is 22.5. The van der Waals surface area contributed by atoms with E-state index in [2.05, 4.69) is 45.8 Å². The maximum Gasteiger partial charge on any atom is 0.257 e. The van der Waals surface area contributed by atoms with Crippen LogP contribution < -0.4 is 10.2 Å². The van der Waals surface area contributed by atoms with Gasteiger partial charge >= 0.3 is 0 Å². The van der Waals surface area contributed by atoms with Crippen LogP contribution in [0.3, 0.4) is 0 Å². The van der Waals surface area contributed by atoms with Crippen LogP contribution >= 0.6 is 0 Å². The smallest absolute Gasteiger partial charge is 0.257 e. The second-order valence-corrected chi connectivity index (χ2v) is 8.33. The molecule has 0 aliphatic carbocycles. The summed E-state index contributed by atoms with van der Waals surface area (Å²) in [6.45, 7) is 9.40. The zero-order valence-corrected chi connectivity index (χ0v) is 18.7. The molecule has 166 valence electrons. The number of piperazine rings is 1. The Morgan fingerprint density at radius 3 is 2.66 bits per heavy atom. The molecule has 7 nitrogen and oxygen atoms in total. The van der Waals surface area contributed by atoms with Crippen molar-refractivity contribution in [1.29, 1.82) is 0 Å². The normalized spacial score (nSPS) is 16.5. The van der Waals surface area contributed by atoms with E-state index in [-0.39, 0.29) is 18.2 Å². The van der Waals surface area contributed by atoms with E-state index in [4.69, 9.17) is 0 Å². The summed E-state index contributed by atoms with van der Waals surface area (Å²) in [4.78, 5) is 36.6. The van der Waals surface area contributed by atoms with Gasteiger partial charge < -0.3 is 5.32 Å². The highest BCUT2D eigenvalue weighted by atomic mass is 16.2. The van der Waals surface area contributed by atoms with Crippen molar-refractivity contribution < 1.29 is 9.59 Å². The van der Waals surface area contributed by atoms with Crippen molar-refractivity contribution in [2.45, 2.75) is 32.7 Å². The molecule has 0 bridgehead atoms. The molecule has 1 N–H and O–H groups in total. The first-order chi connectivity index (χ1) is 15.5. The molecule has 32 heavy (non-hydrogen) atoms. The van der Waals surface area contributed by atoms with Crippen molar-refractivity contribution in [2.75, 3.05) is 42.9 Å². The van der Waals surface area contributed by atoms with Gasteiger partial charge in [0.25, 0.3) is 5.91 Å². The fourth-order valence-electron chi connectivity index (χ4n) is 4.06. The van der Waals surface area contributed by atoms with Gasteiger partial charge in [0.2, 0.25) is 5.91 Å². The van der Waals surface area contributed by atoms with Crippen molar-refractivity contribution in [2.24, 2.45) is 0 Å². The number of carbonyl (C=O) groups is 2. The van der Waals surface area contributed by atoms with Gasteiger partial charge in [0, 0.05) is 51.3 Å². The Morgan fingerprint density at radius 2 is 1.88 bits per heavy atom. The van der Waals surface area contributed by atoms with Gasteiger partial charge in [-0.1, -0.05) is 18.1 Å². The van der Waals surface area contributed by atoms with Crippen LogP contribution in [0, 0.1) is 11.8 Å². The fraction of sp³-hybridized carbons (Fsp3) is 0.400. The second-order valence-electron chi connectivity index (χ2n) is 8.33. The van der Waals surface area contributed by atoms with Crippen molar-refractivity contribution in [3.8, 4) is 11.8 Å². The molecule has 1 fully saturated rings. The van der Waals surface area contributed by atoms with E-state index in [1.165, 1.54) is 4.90 Å². The lowest BCUT2D eigenvalue weighted by molar-refractivity contribution is -0.117. The van der Waals surface area contributed by atoms with E-state index in [0.717, 1.165) is 32.7 Å². The predicted octanol–water partition coefficient (Wildman–Crippen LogP) is 3.12. The molecule has 7 heteroatoms. The van der Waals surface area contributed by atoms with Crippen LogP contribution in [0.2, 0.25) is 0 Å². The highest BCUT2D eigenvalue weighted by Gasteiger charge is 2.29. The number of para-hydroxylation sites is 1. The monoisotopic (exact) mass is 431 g/mol. The van der Waals surface area contributed by atoms with E-state index >= 15 is 0 Å². The highest BCUT2D eigenvalue weighted by molar-refractivity contribution is 6.17. The Hall–Kier alpha value is -3.21. The topological polar surface area (TPSA) is 68.8 Å². The number of pyridine rings is 1. The molecular weight excluding hydrogens is 402 g/mol. The van der Waals surface area contributed by atoms with Gasteiger partial charge in [0.1, 0.15) is 0 Å². The summed E-state index contributed by atoms with van der Waals surface area (Å²) in [6, 6.07) is 11.2. The molecule has 1 saturated heterocycles. The summed E-state index contributed by atoms with van der Waals surface area (Å²) in [5, 5.41) is 2.85. The molecule has 2 aliphatic rings. The van der Waals surface area contributed by atoms with Crippen molar-refractivity contribution in [1.82, 2.24) is 14.8 Å². The Balaban J connectivity index is 1.41. The molecule has 3 heterocycles. The number of hydrogen-bond acceptors (Lipinski definition) is 5. The molecule has 1 aromatic heterocycles. The molecule has 2 aromatic rings. The number of nitrogens with zero attached hydrogens (tertiary/aromatic N) is 4. The summed E-state index contributed by atoms with van der Waals surface area (Å²) in [5.41, 5.74) is 1.52. The van der Waals surface area contributed by atoms with Gasteiger partial charge in [0.15, 0.2) is 5.82 Å². The van der Waals surface area contributed by atoms with E-state index in [9.17, 15) is 9.59 Å². The van der Waals surface area contributed by atoms with Crippen LogP contribution in [0.15, 0.2) is 42.6 Å². The summed E-state index contributed by atoms with van der Waals surface area (Å²) in [5.74, 6) is 6.43. The first kappa shape index (κ1) is 22.0. The fourth-order valence-corrected chi connectivity index (χ4v) is 4.06. The molecule has 4 rings (SSSR count). The lowest BCUT2D eigenvalue weighted by Crippen LogP contribution is -2.48. The quantitative estimate of drug-likeness (QED) is 0.754. The van der Waals surface area contributed by atoms with Crippen LogP contribution in [0.4, 0.5) is 17.2 Å².